The average Bonchev–Trinajstić information content (AvgIpc) is 2.97. The molecule has 0 bridgehead atoms. The Balaban J connectivity index is 1.59. The second kappa shape index (κ2) is 13.0. The lowest BCUT2D eigenvalue weighted by atomic mass is 9.85. The van der Waals surface area contributed by atoms with Gasteiger partial charge in [-0.1, -0.05) is 42.5 Å². The molecular weight excluding hydrogens is 546 g/mol. The van der Waals surface area contributed by atoms with Gasteiger partial charge in [-0.05, 0) is 72.2 Å². The molecule has 0 aromatic heterocycles. The average molecular weight is 582 g/mol. The van der Waals surface area contributed by atoms with Crippen molar-refractivity contribution in [2.24, 2.45) is 16.5 Å². The van der Waals surface area contributed by atoms with Gasteiger partial charge < -0.3 is 26.2 Å². The number of rotatable bonds is 11. The number of aliphatic carboxylic acids is 1. The number of likely N-dealkylation sites (tertiary alicyclic amines) is 1. The number of ether oxygens (including phenoxy) is 1. The molecule has 1 aliphatic rings. The molecule has 1 saturated heterocycles. The molecule has 6 N–H and O–H groups in total. The van der Waals surface area contributed by atoms with Crippen LogP contribution < -0.4 is 20.9 Å². The molecule has 12 heteroatoms. The summed E-state index contributed by atoms with van der Waals surface area (Å²) < 4.78 is 34.8. The van der Waals surface area contributed by atoms with E-state index in [1.165, 1.54) is 24.1 Å². The number of carboxylic acid groups (broad SMARTS) is 1. The fourth-order valence-electron chi connectivity index (χ4n) is 5.18. The highest BCUT2D eigenvalue weighted by atomic mass is 32.2. The summed E-state index contributed by atoms with van der Waals surface area (Å²) in [4.78, 5) is 31.3. The summed E-state index contributed by atoms with van der Waals surface area (Å²) in [7, 11) is -2.65. The van der Waals surface area contributed by atoms with Gasteiger partial charge in [-0.25, -0.2) is 13.2 Å². The Morgan fingerprint density at radius 2 is 1.83 bits per heavy atom. The van der Waals surface area contributed by atoms with E-state index >= 15 is 0 Å². The number of carboxylic acids is 1. The van der Waals surface area contributed by atoms with Gasteiger partial charge in [0.2, 0.25) is 15.9 Å². The number of amides is 1. The van der Waals surface area contributed by atoms with E-state index < -0.39 is 34.0 Å². The Hall–Kier alpha value is -4.16. The van der Waals surface area contributed by atoms with Gasteiger partial charge in [0.25, 0.3) is 0 Å². The van der Waals surface area contributed by atoms with Gasteiger partial charge in [0, 0.05) is 13.1 Å². The van der Waals surface area contributed by atoms with Gasteiger partial charge in [0.15, 0.2) is 5.96 Å². The fraction of sp³-hybridized carbons (Fsp3) is 0.345. The van der Waals surface area contributed by atoms with Crippen LogP contribution in [0.5, 0.6) is 5.75 Å². The van der Waals surface area contributed by atoms with Gasteiger partial charge >= 0.3 is 5.97 Å². The maximum absolute atomic E-state index is 13.8. The molecule has 1 heterocycles. The molecule has 4 rings (SSSR count). The van der Waals surface area contributed by atoms with E-state index in [1.54, 1.807) is 18.2 Å². The molecule has 218 valence electrons. The predicted molar refractivity (Wildman–Crippen MR) is 156 cm³/mol. The van der Waals surface area contributed by atoms with Gasteiger partial charge in [-0.3, -0.25) is 9.79 Å². The molecule has 3 aromatic rings. The van der Waals surface area contributed by atoms with Crippen molar-refractivity contribution in [2.75, 3.05) is 20.2 Å². The van der Waals surface area contributed by atoms with Crippen LogP contribution in [0.25, 0.3) is 10.8 Å². The number of nitrogens with zero attached hydrogens (tertiary/aromatic N) is 2. The number of aliphatic imine (C=N–C) groups is 1. The molecule has 0 saturated carbocycles. The standard InChI is InChI=1S/C29H35N5O6S/c1-40-23-11-9-20-10-12-24(17-22(20)16-23)41(38,39)33-25(8-5-14-32-29(30)31)27(35)34-15-13-21(18-26(34)28(36)37)19-6-3-2-4-7-19/h2-4,6-7,9-12,16-17,21,25-26,33H,5,8,13-15,18H2,1H3,(H,36,37)(H4,30,31,32)/t21-,25+,26-/m1/s1. The number of nitrogens with two attached hydrogens (primary N) is 2. The summed E-state index contributed by atoms with van der Waals surface area (Å²) in [5, 5.41) is 11.5. The Morgan fingerprint density at radius 3 is 2.51 bits per heavy atom. The first-order valence-corrected chi connectivity index (χ1v) is 14.8. The van der Waals surface area contributed by atoms with Crippen LogP contribution in [-0.2, 0) is 19.6 Å². The number of methoxy groups -OCH3 is 1. The van der Waals surface area contributed by atoms with Crippen molar-refractivity contribution in [3.8, 4) is 5.75 Å². The molecule has 1 amide bonds. The van der Waals surface area contributed by atoms with Crippen LogP contribution in [0.3, 0.4) is 0 Å². The summed E-state index contributed by atoms with van der Waals surface area (Å²) in [5.41, 5.74) is 11.8. The summed E-state index contributed by atoms with van der Waals surface area (Å²) in [5.74, 6) is -1.31. The van der Waals surface area contributed by atoms with Crippen molar-refractivity contribution in [3.05, 3.63) is 72.3 Å². The van der Waals surface area contributed by atoms with E-state index in [1.807, 2.05) is 36.4 Å². The first kappa shape index (κ1) is 29.8. The van der Waals surface area contributed by atoms with Crippen molar-refractivity contribution < 1.29 is 27.9 Å². The highest BCUT2D eigenvalue weighted by Gasteiger charge is 2.40. The van der Waals surface area contributed by atoms with Crippen LogP contribution in [0.2, 0.25) is 0 Å². The molecule has 41 heavy (non-hydrogen) atoms. The number of nitrogens with one attached hydrogen (secondary N) is 1. The van der Waals surface area contributed by atoms with Crippen LogP contribution in [0.4, 0.5) is 0 Å². The van der Waals surface area contributed by atoms with E-state index in [4.69, 9.17) is 16.2 Å². The Kier molecular flexibility index (Phi) is 9.46. The molecule has 11 nitrogen and oxygen atoms in total. The molecule has 1 fully saturated rings. The third-order valence-corrected chi connectivity index (χ3v) is 8.78. The number of carbonyl (C=O) groups is 2. The normalized spacial score (nSPS) is 18.0. The molecular formula is C29H35N5O6S. The number of piperidine rings is 1. The second-order valence-electron chi connectivity index (χ2n) is 10.0. The minimum absolute atomic E-state index is 0.0298. The van der Waals surface area contributed by atoms with Gasteiger partial charge in [-0.2, -0.15) is 4.72 Å². The number of fused-ring (bicyclic) bond motifs is 1. The van der Waals surface area contributed by atoms with E-state index in [-0.39, 0.29) is 42.7 Å². The minimum atomic E-state index is -4.17. The largest absolute Gasteiger partial charge is 0.497 e. The van der Waals surface area contributed by atoms with Crippen LogP contribution in [0, 0.1) is 0 Å². The van der Waals surface area contributed by atoms with Crippen molar-refractivity contribution in [2.45, 2.75) is 48.6 Å². The minimum Gasteiger partial charge on any atom is -0.497 e. The highest BCUT2D eigenvalue weighted by molar-refractivity contribution is 7.89. The van der Waals surface area contributed by atoms with Crippen molar-refractivity contribution in [3.63, 3.8) is 0 Å². The van der Waals surface area contributed by atoms with Gasteiger partial charge in [0.05, 0.1) is 12.0 Å². The molecule has 0 unspecified atom stereocenters. The molecule has 3 atom stereocenters. The lowest BCUT2D eigenvalue weighted by Crippen LogP contribution is -2.56. The lowest BCUT2D eigenvalue weighted by molar-refractivity contribution is -0.153. The molecule has 0 radical (unpaired) electrons. The fourth-order valence-corrected chi connectivity index (χ4v) is 6.44. The monoisotopic (exact) mass is 581 g/mol. The Labute approximate surface area is 239 Å². The van der Waals surface area contributed by atoms with Gasteiger partial charge in [-0.15, -0.1) is 0 Å². The van der Waals surface area contributed by atoms with Crippen LogP contribution >= 0.6 is 0 Å². The van der Waals surface area contributed by atoms with Crippen LogP contribution in [0.15, 0.2) is 76.6 Å². The number of carbonyl (C=O) groups excluding carboxylic acids is 1. The quantitative estimate of drug-likeness (QED) is 0.151. The summed E-state index contributed by atoms with van der Waals surface area (Å²) in [6, 6.07) is 17.2. The van der Waals surface area contributed by atoms with Gasteiger partial charge in [0.1, 0.15) is 17.8 Å². The summed E-state index contributed by atoms with van der Waals surface area (Å²) >= 11 is 0. The van der Waals surface area contributed by atoms with E-state index in [2.05, 4.69) is 9.71 Å². The van der Waals surface area contributed by atoms with Crippen LogP contribution in [-0.4, -0.2) is 68.5 Å². The molecule has 0 spiro atoms. The first-order chi connectivity index (χ1) is 19.6. The zero-order valence-electron chi connectivity index (χ0n) is 22.8. The third-order valence-electron chi connectivity index (χ3n) is 7.31. The molecule has 0 aliphatic carbocycles. The van der Waals surface area contributed by atoms with Crippen molar-refractivity contribution in [1.29, 1.82) is 0 Å². The maximum atomic E-state index is 13.8. The second-order valence-corrected chi connectivity index (χ2v) is 11.7. The first-order valence-electron chi connectivity index (χ1n) is 13.3. The van der Waals surface area contributed by atoms with E-state index in [0.717, 1.165) is 10.9 Å². The van der Waals surface area contributed by atoms with Crippen molar-refractivity contribution in [1.82, 2.24) is 9.62 Å². The zero-order chi connectivity index (χ0) is 29.6. The number of guanidine groups is 1. The Bertz CT molecular complexity index is 1530. The molecule has 3 aromatic carbocycles. The Morgan fingerprint density at radius 1 is 1.10 bits per heavy atom. The predicted octanol–water partition coefficient (Wildman–Crippen LogP) is 2.41. The summed E-state index contributed by atoms with van der Waals surface area (Å²) in [6.45, 7) is 0.360. The summed E-state index contributed by atoms with van der Waals surface area (Å²) in [6.07, 6.45) is 1.15. The third kappa shape index (κ3) is 7.33. The topological polar surface area (TPSA) is 177 Å². The maximum Gasteiger partial charge on any atom is 0.326 e. The molecule has 1 aliphatic heterocycles. The highest BCUT2D eigenvalue weighted by Crippen LogP contribution is 2.32. The number of hydrogen-bond acceptors (Lipinski definition) is 6. The van der Waals surface area contributed by atoms with E-state index in [0.29, 0.717) is 24.0 Å². The van der Waals surface area contributed by atoms with Crippen LogP contribution in [0.1, 0.15) is 37.2 Å². The van der Waals surface area contributed by atoms with E-state index in [9.17, 15) is 23.1 Å². The SMILES string of the molecule is COc1ccc2ccc(S(=O)(=O)N[C@@H](CCCN=C(N)N)C(=O)N3CC[C@@H](c4ccccc4)C[C@@H]3C(=O)O)cc2c1. The smallest absolute Gasteiger partial charge is 0.326 e. The number of sulfonamides is 1. The number of benzene rings is 3. The lowest BCUT2D eigenvalue weighted by Gasteiger charge is -2.39. The number of hydrogen-bond donors (Lipinski definition) is 4. The van der Waals surface area contributed by atoms with Crippen molar-refractivity contribution >= 4 is 38.6 Å². The zero-order valence-corrected chi connectivity index (χ0v) is 23.6.